The molecule has 0 bridgehead atoms. The molecule has 1 aromatic carbocycles. The van der Waals surface area contributed by atoms with Gasteiger partial charge in [-0.25, -0.2) is 9.18 Å². The van der Waals surface area contributed by atoms with Crippen LogP contribution in [0, 0.1) is 11.2 Å². The monoisotopic (exact) mass is 296 g/mol. The number of urea groups is 1. The van der Waals surface area contributed by atoms with Crippen LogP contribution in [0.15, 0.2) is 18.2 Å². The Morgan fingerprint density at radius 3 is 3.00 bits per heavy atom. The lowest BCUT2D eigenvalue weighted by atomic mass is 9.83. The number of aliphatic hydroxyl groups is 1. The lowest BCUT2D eigenvalue weighted by molar-refractivity contribution is 0.0648. The first-order valence-electron chi connectivity index (χ1n) is 6.98. The zero-order valence-corrected chi connectivity index (χ0v) is 12.4. The maximum absolute atomic E-state index is 13.3. The van der Waals surface area contributed by atoms with Crippen LogP contribution in [0.1, 0.15) is 19.8 Å². The fraction of sp³-hybridized carbons (Fsp3) is 0.533. The molecule has 0 spiro atoms. The summed E-state index contributed by atoms with van der Waals surface area (Å²) in [4.78, 5) is 13.9. The molecule has 2 rings (SSSR count). The van der Waals surface area contributed by atoms with E-state index in [1.807, 2.05) is 6.92 Å². The van der Waals surface area contributed by atoms with Gasteiger partial charge in [0.2, 0.25) is 0 Å². The highest BCUT2D eigenvalue weighted by Crippen LogP contribution is 2.30. The third-order valence-corrected chi connectivity index (χ3v) is 3.85. The molecule has 2 N–H and O–H groups in total. The Hall–Kier alpha value is -1.82. The number of hydrogen-bond acceptors (Lipinski definition) is 3. The fourth-order valence-corrected chi connectivity index (χ4v) is 2.59. The third-order valence-electron chi connectivity index (χ3n) is 3.85. The van der Waals surface area contributed by atoms with Crippen molar-refractivity contribution in [2.45, 2.75) is 19.8 Å². The maximum Gasteiger partial charge on any atom is 0.321 e. The molecule has 6 heteroatoms. The van der Waals surface area contributed by atoms with E-state index in [1.165, 1.54) is 25.3 Å². The smallest absolute Gasteiger partial charge is 0.321 e. The molecule has 1 unspecified atom stereocenters. The van der Waals surface area contributed by atoms with E-state index < -0.39 is 5.82 Å². The molecule has 5 nitrogen and oxygen atoms in total. The summed E-state index contributed by atoms with van der Waals surface area (Å²) in [6.07, 6.45) is 1.72. The number of methoxy groups -OCH3 is 1. The molecule has 1 aromatic rings. The second-order valence-corrected chi connectivity index (χ2v) is 5.77. The molecule has 1 heterocycles. The largest absolute Gasteiger partial charge is 0.495 e. The molecule has 1 aliphatic heterocycles. The van der Waals surface area contributed by atoms with E-state index in [1.54, 1.807) is 4.90 Å². The summed E-state index contributed by atoms with van der Waals surface area (Å²) >= 11 is 0. The molecule has 0 saturated carbocycles. The summed E-state index contributed by atoms with van der Waals surface area (Å²) in [6.45, 7) is 3.10. The van der Waals surface area contributed by atoms with Crippen molar-refractivity contribution in [1.29, 1.82) is 0 Å². The van der Waals surface area contributed by atoms with Crippen molar-refractivity contribution in [2.24, 2.45) is 5.41 Å². The third kappa shape index (κ3) is 3.64. The summed E-state index contributed by atoms with van der Waals surface area (Å²) in [5.74, 6) is -0.0309. The average Bonchev–Trinajstić information content (AvgIpc) is 2.47. The van der Waals surface area contributed by atoms with Gasteiger partial charge in [-0.2, -0.15) is 0 Å². The highest BCUT2D eigenvalue weighted by atomic mass is 19.1. The van der Waals surface area contributed by atoms with Crippen LogP contribution in [0.2, 0.25) is 0 Å². The number of halogens is 1. The molecule has 1 atom stereocenters. The number of carbonyl (C=O) groups excluding carboxylic acids is 1. The average molecular weight is 296 g/mol. The number of nitrogens with one attached hydrogen (secondary N) is 1. The number of hydrogen-bond donors (Lipinski definition) is 2. The van der Waals surface area contributed by atoms with Crippen LogP contribution in [0.3, 0.4) is 0 Å². The van der Waals surface area contributed by atoms with Crippen molar-refractivity contribution in [2.75, 3.05) is 32.1 Å². The Bertz CT molecular complexity index is 524. The summed E-state index contributed by atoms with van der Waals surface area (Å²) in [5, 5.41) is 12.1. The van der Waals surface area contributed by atoms with Crippen LogP contribution < -0.4 is 10.1 Å². The minimum absolute atomic E-state index is 0.0417. The van der Waals surface area contributed by atoms with Crippen LogP contribution in [0.25, 0.3) is 0 Å². The van der Waals surface area contributed by atoms with E-state index in [-0.39, 0.29) is 18.1 Å². The number of ether oxygens (including phenoxy) is 1. The van der Waals surface area contributed by atoms with Gasteiger partial charge in [-0.1, -0.05) is 6.92 Å². The molecular formula is C15H21FN2O3. The Kier molecular flexibility index (Phi) is 4.67. The molecule has 0 aliphatic carbocycles. The van der Waals surface area contributed by atoms with Crippen molar-refractivity contribution >= 4 is 11.7 Å². The number of carbonyl (C=O) groups is 1. The number of amides is 2. The van der Waals surface area contributed by atoms with Crippen LogP contribution in [0.4, 0.5) is 14.9 Å². The van der Waals surface area contributed by atoms with Crippen LogP contribution in [-0.2, 0) is 0 Å². The van der Waals surface area contributed by atoms with Gasteiger partial charge in [-0.3, -0.25) is 0 Å². The molecule has 0 radical (unpaired) electrons. The zero-order valence-electron chi connectivity index (χ0n) is 12.4. The van der Waals surface area contributed by atoms with Crippen molar-refractivity contribution in [1.82, 2.24) is 4.90 Å². The topological polar surface area (TPSA) is 61.8 Å². The number of piperidine rings is 1. The number of rotatable bonds is 3. The van der Waals surface area contributed by atoms with Gasteiger partial charge >= 0.3 is 6.03 Å². The van der Waals surface area contributed by atoms with Gasteiger partial charge in [0, 0.05) is 24.6 Å². The highest BCUT2D eigenvalue weighted by molar-refractivity contribution is 5.91. The van der Waals surface area contributed by atoms with Gasteiger partial charge in [-0.05, 0) is 25.0 Å². The first kappa shape index (κ1) is 15.6. The summed E-state index contributed by atoms with van der Waals surface area (Å²) in [6, 6.07) is 3.67. The zero-order chi connectivity index (χ0) is 15.5. The van der Waals surface area contributed by atoms with Gasteiger partial charge in [0.15, 0.2) is 0 Å². The molecule has 21 heavy (non-hydrogen) atoms. The van der Waals surface area contributed by atoms with Gasteiger partial charge in [0.05, 0.1) is 19.4 Å². The predicted octanol–water partition coefficient (Wildman–Crippen LogP) is 2.46. The summed E-state index contributed by atoms with van der Waals surface area (Å²) in [7, 11) is 1.46. The Morgan fingerprint density at radius 2 is 2.33 bits per heavy atom. The predicted molar refractivity (Wildman–Crippen MR) is 78.0 cm³/mol. The van der Waals surface area contributed by atoms with Crippen LogP contribution in [-0.4, -0.2) is 42.8 Å². The molecule has 1 fully saturated rings. The van der Waals surface area contributed by atoms with E-state index in [4.69, 9.17) is 4.74 Å². The molecular weight excluding hydrogens is 275 g/mol. The van der Waals surface area contributed by atoms with Crippen LogP contribution in [0.5, 0.6) is 5.75 Å². The Labute approximate surface area is 123 Å². The van der Waals surface area contributed by atoms with E-state index >= 15 is 0 Å². The normalized spacial score (nSPS) is 22.0. The summed E-state index contributed by atoms with van der Waals surface area (Å²) in [5.41, 5.74) is 0.0282. The van der Waals surface area contributed by atoms with E-state index in [2.05, 4.69) is 5.32 Å². The van der Waals surface area contributed by atoms with Gasteiger partial charge < -0.3 is 20.1 Å². The van der Waals surface area contributed by atoms with Gasteiger partial charge in [-0.15, -0.1) is 0 Å². The Morgan fingerprint density at radius 1 is 1.57 bits per heavy atom. The molecule has 1 aliphatic rings. The van der Waals surface area contributed by atoms with E-state index in [9.17, 15) is 14.3 Å². The SMILES string of the molecule is COc1ccc(F)cc1NC(=O)N1CCCC(C)(CO)C1. The maximum atomic E-state index is 13.3. The minimum atomic E-state index is -0.440. The molecule has 1 saturated heterocycles. The quantitative estimate of drug-likeness (QED) is 0.900. The number of aliphatic hydroxyl groups excluding tert-OH is 1. The number of nitrogens with zero attached hydrogens (tertiary/aromatic N) is 1. The molecule has 0 aromatic heterocycles. The van der Waals surface area contributed by atoms with Crippen LogP contribution >= 0.6 is 0 Å². The number of likely N-dealkylation sites (tertiary alicyclic amines) is 1. The van der Waals surface area contributed by atoms with Gasteiger partial charge in [0.25, 0.3) is 0 Å². The van der Waals surface area contributed by atoms with Crippen molar-refractivity contribution in [3.8, 4) is 5.75 Å². The molecule has 116 valence electrons. The standard InChI is InChI=1S/C15H21FN2O3/c1-15(10-19)6-3-7-18(9-15)14(20)17-12-8-11(16)4-5-13(12)21-2/h4-5,8,19H,3,6-7,9-10H2,1-2H3,(H,17,20). The fourth-order valence-electron chi connectivity index (χ4n) is 2.59. The first-order valence-corrected chi connectivity index (χ1v) is 6.98. The lowest BCUT2D eigenvalue weighted by Crippen LogP contribution is -2.48. The number of benzene rings is 1. The summed E-state index contributed by atoms with van der Waals surface area (Å²) < 4.78 is 18.4. The van der Waals surface area contributed by atoms with E-state index in [0.29, 0.717) is 24.5 Å². The van der Waals surface area contributed by atoms with Crippen molar-refractivity contribution in [3.63, 3.8) is 0 Å². The van der Waals surface area contributed by atoms with Crippen molar-refractivity contribution in [3.05, 3.63) is 24.0 Å². The van der Waals surface area contributed by atoms with Crippen molar-refractivity contribution < 1.29 is 19.0 Å². The molecule has 2 amide bonds. The lowest BCUT2D eigenvalue weighted by Gasteiger charge is -2.39. The van der Waals surface area contributed by atoms with Gasteiger partial charge in [0.1, 0.15) is 11.6 Å². The van der Waals surface area contributed by atoms with E-state index in [0.717, 1.165) is 12.8 Å². The highest BCUT2D eigenvalue weighted by Gasteiger charge is 2.32. The second-order valence-electron chi connectivity index (χ2n) is 5.77. The number of anilines is 1. The minimum Gasteiger partial charge on any atom is -0.495 e. The first-order chi connectivity index (χ1) is 9.97. The second kappa shape index (κ2) is 6.30. The Balaban J connectivity index is 2.09.